The molecule has 2 aromatic heterocycles. The van der Waals surface area contributed by atoms with E-state index in [9.17, 15) is 23.5 Å². The zero-order chi connectivity index (χ0) is 31.5. The largest absolute Gasteiger partial charge is 0.586 e. The van der Waals surface area contributed by atoms with Crippen LogP contribution in [0.1, 0.15) is 60.3 Å². The molecule has 2 fully saturated rings. The van der Waals surface area contributed by atoms with Gasteiger partial charge < -0.3 is 30.4 Å². The quantitative estimate of drug-likeness (QED) is 0.226. The highest BCUT2D eigenvalue weighted by atomic mass is 19.3. The van der Waals surface area contributed by atoms with Gasteiger partial charge in [0.1, 0.15) is 17.0 Å². The summed E-state index contributed by atoms with van der Waals surface area (Å²) in [5.74, 6) is -1.39. The van der Waals surface area contributed by atoms with Crippen LogP contribution < -0.4 is 25.3 Å². The summed E-state index contributed by atoms with van der Waals surface area (Å²) in [6.07, 6.45) is 1.45. The fourth-order valence-electron chi connectivity index (χ4n) is 5.76. The lowest BCUT2D eigenvalue weighted by Gasteiger charge is -2.30. The predicted octanol–water partition coefficient (Wildman–Crippen LogP) is 4.21. The molecular formula is C32H31F2N5O6. The second kappa shape index (κ2) is 10.7. The second-order valence-electron chi connectivity index (χ2n) is 11.7. The van der Waals surface area contributed by atoms with E-state index < -0.39 is 17.8 Å². The summed E-state index contributed by atoms with van der Waals surface area (Å²) in [7, 11) is 0. The molecule has 2 amide bonds. The minimum absolute atomic E-state index is 0.148. The van der Waals surface area contributed by atoms with Gasteiger partial charge in [-0.25, -0.2) is 4.98 Å². The third-order valence-electron chi connectivity index (χ3n) is 8.30. The molecular weight excluding hydrogens is 588 g/mol. The molecule has 1 atom stereocenters. The van der Waals surface area contributed by atoms with Crippen molar-refractivity contribution in [1.82, 2.24) is 20.1 Å². The van der Waals surface area contributed by atoms with Crippen LogP contribution in [0.25, 0.3) is 22.2 Å². The van der Waals surface area contributed by atoms with Gasteiger partial charge in [-0.2, -0.15) is 5.10 Å². The van der Waals surface area contributed by atoms with Crippen LogP contribution in [0.3, 0.4) is 0 Å². The molecule has 234 valence electrons. The number of aromatic nitrogens is 3. The minimum atomic E-state index is -3.82. The van der Waals surface area contributed by atoms with Crippen molar-refractivity contribution in [3.8, 4) is 28.5 Å². The van der Waals surface area contributed by atoms with Crippen LogP contribution in [0.2, 0.25) is 0 Å². The monoisotopic (exact) mass is 619 g/mol. The van der Waals surface area contributed by atoms with Crippen molar-refractivity contribution in [3.05, 3.63) is 65.5 Å². The van der Waals surface area contributed by atoms with E-state index in [1.165, 1.54) is 18.2 Å². The number of benzene rings is 2. The van der Waals surface area contributed by atoms with Gasteiger partial charge in [-0.3, -0.25) is 14.3 Å². The lowest BCUT2D eigenvalue weighted by atomic mass is 9.90. The van der Waals surface area contributed by atoms with E-state index in [2.05, 4.69) is 19.9 Å². The maximum Gasteiger partial charge on any atom is 0.586 e. The van der Waals surface area contributed by atoms with E-state index in [4.69, 9.17) is 15.5 Å². The molecule has 0 saturated heterocycles. The molecule has 13 heteroatoms. The molecule has 1 aliphatic heterocycles. The Morgan fingerprint density at radius 3 is 2.62 bits per heavy atom. The van der Waals surface area contributed by atoms with E-state index in [1.807, 2.05) is 10.9 Å². The Bertz CT molecular complexity index is 1840. The number of amides is 2. The van der Waals surface area contributed by atoms with Crippen LogP contribution >= 0.6 is 0 Å². The van der Waals surface area contributed by atoms with Crippen molar-refractivity contribution in [2.45, 2.75) is 57.0 Å². The Kier molecular flexibility index (Phi) is 6.88. The average molecular weight is 620 g/mol. The first-order valence-corrected chi connectivity index (χ1v) is 14.9. The third kappa shape index (κ3) is 5.63. The summed E-state index contributed by atoms with van der Waals surface area (Å²) < 4.78 is 44.5. The summed E-state index contributed by atoms with van der Waals surface area (Å²) in [4.78, 5) is 30.2. The van der Waals surface area contributed by atoms with E-state index in [0.29, 0.717) is 35.6 Å². The van der Waals surface area contributed by atoms with Gasteiger partial charge in [0.25, 0.3) is 5.91 Å². The summed E-state index contributed by atoms with van der Waals surface area (Å²) in [6.45, 7) is 1.78. The number of halogens is 2. The number of nitrogens with two attached hydrogens (primary N) is 1. The molecule has 3 aliphatic rings. The van der Waals surface area contributed by atoms with Crippen molar-refractivity contribution in [2.24, 2.45) is 11.7 Å². The maximum absolute atomic E-state index is 13.8. The van der Waals surface area contributed by atoms with Crippen molar-refractivity contribution in [2.75, 3.05) is 13.2 Å². The Labute approximate surface area is 256 Å². The van der Waals surface area contributed by atoms with Gasteiger partial charge in [-0.05, 0) is 81.0 Å². The molecule has 0 bridgehead atoms. The Morgan fingerprint density at radius 1 is 1.13 bits per heavy atom. The number of nitrogens with one attached hydrogen (secondary N) is 1. The van der Waals surface area contributed by atoms with Gasteiger partial charge in [-0.1, -0.05) is 0 Å². The SMILES string of the molecule is CCOc1c(CC(N)=O)cc([C@@](O)(CNC(=O)c2ccc3nn(C4CC4)cc3c2)C2CC2)nc1-c1ccc2c(c1)OC(F)(F)O2. The number of ether oxygens (including phenoxy) is 3. The molecule has 0 spiro atoms. The average Bonchev–Trinajstić information content (AvgIpc) is 3.93. The predicted molar refractivity (Wildman–Crippen MR) is 157 cm³/mol. The van der Waals surface area contributed by atoms with E-state index in [1.54, 1.807) is 31.2 Å². The highest BCUT2D eigenvalue weighted by Gasteiger charge is 2.47. The van der Waals surface area contributed by atoms with Crippen LogP contribution in [0.5, 0.6) is 17.2 Å². The van der Waals surface area contributed by atoms with Gasteiger partial charge in [0.15, 0.2) is 11.5 Å². The molecule has 0 radical (unpaired) electrons. The van der Waals surface area contributed by atoms with Crippen molar-refractivity contribution >= 4 is 22.7 Å². The Morgan fingerprint density at radius 2 is 1.91 bits per heavy atom. The number of rotatable bonds is 11. The lowest BCUT2D eigenvalue weighted by molar-refractivity contribution is -0.286. The highest BCUT2D eigenvalue weighted by molar-refractivity contribution is 5.98. The molecule has 11 nitrogen and oxygen atoms in total. The van der Waals surface area contributed by atoms with Crippen molar-refractivity contribution in [1.29, 1.82) is 0 Å². The summed E-state index contributed by atoms with van der Waals surface area (Å²) in [6, 6.07) is 11.4. The molecule has 4 N–H and O–H groups in total. The van der Waals surface area contributed by atoms with Gasteiger partial charge in [-0.15, -0.1) is 8.78 Å². The molecule has 4 aromatic rings. The van der Waals surface area contributed by atoms with Gasteiger partial charge >= 0.3 is 6.29 Å². The maximum atomic E-state index is 13.8. The smallest absolute Gasteiger partial charge is 0.491 e. The normalized spacial score (nSPS) is 18.0. The Balaban J connectivity index is 1.23. The fourth-order valence-corrected chi connectivity index (χ4v) is 5.76. The number of fused-ring (bicyclic) bond motifs is 2. The number of alkyl halides is 2. The van der Waals surface area contributed by atoms with Crippen molar-refractivity contribution < 1.29 is 37.7 Å². The van der Waals surface area contributed by atoms with Gasteiger partial charge in [0, 0.05) is 28.3 Å². The number of nitrogens with zero attached hydrogens (tertiary/aromatic N) is 3. The lowest BCUT2D eigenvalue weighted by Crippen LogP contribution is -2.43. The van der Waals surface area contributed by atoms with Crippen LogP contribution in [0, 0.1) is 5.92 Å². The van der Waals surface area contributed by atoms with E-state index in [0.717, 1.165) is 23.7 Å². The van der Waals surface area contributed by atoms with E-state index in [-0.39, 0.29) is 60.0 Å². The van der Waals surface area contributed by atoms with Crippen LogP contribution in [-0.2, 0) is 16.8 Å². The van der Waals surface area contributed by atoms with Crippen LogP contribution in [-0.4, -0.2) is 51.1 Å². The first-order valence-electron chi connectivity index (χ1n) is 14.9. The highest BCUT2D eigenvalue weighted by Crippen LogP contribution is 2.48. The zero-order valence-electron chi connectivity index (χ0n) is 24.4. The molecule has 2 aliphatic carbocycles. The number of carbonyl (C=O) groups excluding carboxylic acids is 2. The van der Waals surface area contributed by atoms with Gasteiger partial charge in [0.2, 0.25) is 5.91 Å². The molecule has 2 saturated carbocycles. The molecule has 7 rings (SSSR count). The summed E-state index contributed by atoms with van der Waals surface area (Å²) in [5, 5.41) is 20.4. The molecule has 3 heterocycles. The van der Waals surface area contributed by atoms with Crippen LogP contribution in [0.4, 0.5) is 8.78 Å². The molecule has 2 aromatic carbocycles. The first-order chi connectivity index (χ1) is 21.5. The van der Waals surface area contributed by atoms with E-state index >= 15 is 0 Å². The standard InChI is InChI=1S/C32H31F2N5O6/c1-2-43-29-19(14-27(35)40)13-26(37-28(29)17-4-10-24-25(12-17)45-32(33,34)44-24)31(42,21-5-6-21)16-36-30(41)18-3-9-23-20(11-18)15-39(38-23)22-7-8-22/h3-4,9-13,15,21-22,42H,2,5-8,14,16H2,1H3,(H2,35,40)(H,36,41)/t31-/m1/s1. The number of carbonyl (C=O) groups is 2. The van der Waals surface area contributed by atoms with Crippen molar-refractivity contribution in [3.63, 3.8) is 0 Å². The molecule has 45 heavy (non-hydrogen) atoms. The minimum Gasteiger partial charge on any atom is -0.491 e. The summed E-state index contributed by atoms with van der Waals surface area (Å²) >= 11 is 0. The first kappa shape index (κ1) is 29.0. The topological polar surface area (TPSA) is 151 Å². The number of aliphatic hydroxyl groups is 1. The number of pyridine rings is 1. The Hall–Kier alpha value is -4.78. The fraction of sp³-hybridized carbons (Fsp3) is 0.375. The number of primary amides is 1. The van der Waals surface area contributed by atoms with Gasteiger partial charge in [0.05, 0.1) is 36.8 Å². The molecule has 0 unspecified atom stereocenters. The summed E-state index contributed by atoms with van der Waals surface area (Å²) in [5.41, 5.74) is 6.24. The number of hydrogen-bond acceptors (Lipinski definition) is 8. The second-order valence-corrected chi connectivity index (χ2v) is 11.7. The third-order valence-corrected chi connectivity index (χ3v) is 8.30. The zero-order valence-corrected chi connectivity index (χ0v) is 24.4. The van der Waals surface area contributed by atoms with Crippen LogP contribution in [0.15, 0.2) is 48.7 Å². The number of hydrogen-bond donors (Lipinski definition) is 3.